The Morgan fingerprint density at radius 3 is 2.86 bits per heavy atom. The SMILES string of the molecule is Cc1cc2cc(Cl)ccc2nc1CN. The van der Waals surface area contributed by atoms with Crippen LogP contribution in [0.1, 0.15) is 11.3 Å². The van der Waals surface area contributed by atoms with E-state index in [4.69, 9.17) is 17.3 Å². The van der Waals surface area contributed by atoms with E-state index in [2.05, 4.69) is 11.1 Å². The van der Waals surface area contributed by atoms with Crippen molar-refractivity contribution in [2.75, 3.05) is 0 Å². The molecule has 0 aliphatic carbocycles. The molecule has 14 heavy (non-hydrogen) atoms. The molecule has 0 saturated heterocycles. The minimum absolute atomic E-state index is 0.477. The number of hydrogen-bond acceptors (Lipinski definition) is 2. The van der Waals surface area contributed by atoms with Gasteiger partial charge in [-0.15, -0.1) is 0 Å². The van der Waals surface area contributed by atoms with Gasteiger partial charge in [0.15, 0.2) is 0 Å². The molecule has 0 aliphatic rings. The first-order valence-corrected chi connectivity index (χ1v) is 4.84. The maximum atomic E-state index is 5.89. The molecule has 1 aromatic heterocycles. The molecule has 72 valence electrons. The fourth-order valence-electron chi connectivity index (χ4n) is 1.50. The van der Waals surface area contributed by atoms with Crippen molar-refractivity contribution in [2.45, 2.75) is 13.5 Å². The number of benzene rings is 1. The normalized spacial score (nSPS) is 10.8. The van der Waals surface area contributed by atoms with Crippen molar-refractivity contribution in [3.05, 3.63) is 40.5 Å². The predicted octanol–water partition coefficient (Wildman–Crippen LogP) is 2.66. The Hall–Kier alpha value is -1.12. The lowest BCUT2D eigenvalue weighted by molar-refractivity contribution is 0.985. The molecule has 0 fully saturated rings. The van der Waals surface area contributed by atoms with E-state index < -0.39 is 0 Å². The summed E-state index contributed by atoms with van der Waals surface area (Å²) in [6.07, 6.45) is 0. The molecule has 2 nitrogen and oxygen atoms in total. The molecule has 0 unspecified atom stereocenters. The second-order valence-electron chi connectivity index (χ2n) is 3.29. The van der Waals surface area contributed by atoms with Crippen LogP contribution in [-0.4, -0.2) is 4.98 Å². The summed E-state index contributed by atoms with van der Waals surface area (Å²) < 4.78 is 0. The van der Waals surface area contributed by atoms with Crippen LogP contribution in [0.25, 0.3) is 10.9 Å². The summed E-state index contributed by atoms with van der Waals surface area (Å²) in [6, 6.07) is 7.73. The van der Waals surface area contributed by atoms with Gasteiger partial charge >= 0.3 is 0 Å². The largest absolute Gasteiger partial charge is 0.325 e. The van der Waals surface area contributed by atoms with E-state index in [0.29, 0.717) is 6.54 Å². The highest BCUT2D eigenvalue weighted by Gasteiger charge is 2.01. The van der Waals surface area contributed by atoms with Crippen molar-refractivity contribution in [1.82, 2.24) is 4.98 Å². The van der Waals surface area contributed by atoms with Crippen molar-refractivity contribution in [3.8, 4) is 0 Å². The van der Waals surface area contributed by atoms with Gasteiger partial charge in [0.1, 0.15) is 0 Å². The van der Waals surface area contributed by atoms with E-state index in [9.17, 15) is 0 Å². The van der Waals surface area contributed by atoms with Crippen LogP contribution in [-0.2, 0) is 6.54 Å². The van der Waals surface area contributed by atoms with E-state index in [1.807, 2.05) is 25.1 Å². The number of halogens is 1. The summed E-state index contributed by atoms with van der Waals surface area (Å²) in [7, 11) is 0. The van der Waals surface area contributed by atoms with E-state index in [-0.39, 0.29) is 0 Å². The quantitative estimate of drug-likeness (QED) is 0.779. The molecule has 1 heterocycles. The van der Waals surface area contributed by atoms with Gasteiger partial charge in [-0.3, -0.25) is 4.98 Å². The lowest BCUT2D eigenvalue weighted by atomic mass is 10.1. The minimum atomic E-state index is 0.477. The minimum Gasteiger partial charge on any atom is -0.325 e. The van der Waals surface area contributed by atoms with Crippen LogP contribution < -0.4 is 5.73 Å². The van der Waals surface area contributed by atoms with Gasteiger partial charge in [0.25, 0.3) is 0 Å². The molecular formula is C11H11ClN2. The number of fused-ring (bicyclic) bond motifs is 1. The van der Waals surface area contributed by atoms with E-state index >= 15 is 0 Å². The molecule has 1 aromatic carbocycles. The number of pyridine rings is 1. The van der Waals surface area contributed by atoms with Crippen LogP contribution in [0, 0.1) is 6.92 Å². The molecule has 0 amide bonds. The first kappa shape index (κ1) is 9.44. The third-order valence-corrected chi connectivity index (χ3v) is 2.50. The summed E-state index contributed by atoms with van der Waals surface area (Å²) in [4.78, 5) is 4.45. The van der Waals surface area contributed by atoms with Crippen molar-refractivity contribution in [2.24, 2.45) is 5.73 Å². The Balaban J connectivity index is 2.73. The molecule has 3 heteroatoms. The van der Waals surface area contributed by atoms with Gasteiger partial charge in [0.05, 0.1) is 11.2 Å². The van der Waals surface area contributed by atoms with Crippen molar-refractivity contribution in [3.63, 3.8) is 0 Å². The fraction of sp³-hybridized carbons (Fsp3) is 0.182. The number of nitrogens with zero attached hydrogens (tertiary/aromatic N) is 1. The molecule has 0 aliphatic heterocycles. The van der Waals surface area contributed by atoms with Crippen LogP contribution in [0.2, 0.25) is 5.02 Å². The van der Waals surface area contributed by atoms with Gasteiger partial charge in [-0.1, -0.05) is 11.6 Å². The highest BCUT2D eigenvalue weighted by Crippen LogP contribution is 2.20. The summed E-state index contributed by atoms with van der Waals surface area (Å²) in [5, 5.41) is 1.80. The first-order valence-electron chi connectivity index (χ1n) is 4.46. The molecule has 0 bridgehead atoms. The van der Waals surface area contributed by atoms with Gasteiger partial charge < -0.3 is 5.73 Å². The molecule has 0 saturated carbocycles. The molecule has 0 spiro atoms. The average molecular weight is 207 g/mol. The van der Waals surface area contributed by atoms with Gasteiger partial charge in [-0.25, -0.2) is 0 Å². The third-order valence-electron chi connectivity index (χ3n) is 2.27. The van der Waals surface area contributed by atoms with E-state index in [1.54, 1.807) is 0 Å². The molecular weight excluding hydrogens is 196 g/mol. The molecule has 2 aromatic rings. The van der Waals surface area contributed by atoms with Crippen molar-refractivity contribution >= 4 is 22.5 Å². The fourth-order valence-corrected chi connectivity index (χ4v) is 1.68. The molecule has 0 atom stereocenters. The summed E-state index contributed by atoms with van der Waals surface area (Å²) in [6.45, 7) is 2.49. The molecule has 2 N–H and O–H groups in total. The van der Waals surface area contributed by atoms with E-state index in [1.165, 1.54) is 0 Å². The second-order valence-corrected chi connectivity index (χ2v) is 3.73. The lowest BCUT2D eigenvalue weighted by Crippen LogP contribution is -2.02. The molecule has 2 rings (SSSR count). The topological polar surface area (TPSA) is 38.9 Å². The first-order chi connectivity index (χ1) is 6.70. The Bertz CT molecular complexity index is 480. The van der Waals surface area contributed by atoms with Crippen LogP contribution >= 0.6 is 11.6 Å². The monoisotopic (exact) mass is 206 g/mol. The highest BCUT2D eigenvalue weighted by atomic mass is 35.5. The number of aryl methyl sites for hydroxylation is 1. The standard InChI is InChI=1S/C11H11ClN2/c1-7-4-8-5-9(12)2-3-10(8)14-11(7)6-13/h2-5H,6,13H2,1H3. The summed E-state index contributed by atoms with van der Waals surface area (Å²) in [5.41, 5.74) is 8.59. The van der Waals surface area contributed by atoms with Gasteiger partial charge in [0, 0.05) is 17.0 Å². The Morgan fingerprint density at radius 1 is 1.36 bits per heavy atom. The summed E-state index contributed by atoms with van der Waals surface area (Å²) in [5.74, 6) is 0. The zero-order chi connectivity index (χ0) is 10.1. The number of rotatable bonds is 1. The maximum Gasteiger partial charge on any atom is 0.0707 e. The lowest BCUT2D eigenvalue weighted by Gasteiger charge is -2.04. The number of hydrogen-bond donors (Lipinski definition) is 1. The predicted molar refractivity (Wildman–Crippen MR) is 59.4 cm³/mol. The van der Waals surface area contributed by atoms with Crippen LogP contribution in [0.5, 0.6) is 0 Å². The van der Waals surface area contributed by atoms with E-state index in [0.717, 1.165) is 27.2 Å². The van der Waals surface area contributed by atoms with Gasteiger partial charge in [-0.2, -0.15) is 0 Å². The number of aromatic nitrogens is 1. The summed E-state index contributed by atoms with van der Waals surface area (Å²) >= 11 is 5.89. The van der Waals surface area contributed by atoms with Gasteiger partial charge in [-0.05, 0) is 36.8 Å². The Morgan fingerprint density at radius 2 is 2.14 bits per heavy atom. The zero-order valence-electron chi connectivity index (χ0n) is 7.92. The number of nitrogens with two attached hydrogens (primary N) is 1. The third kappa shape index (κ3) is 1.59. The average Bonchev–Trinajstić information content (AvgIpc) is 2.16. The smallest absolute Gasteiger partial charge is 0.0707 e. The highest BCUT2D eigenvalue weighted by molar-refractivity contribution is 6.31. The Labute approximate surface area is 87.7 Å². The molecule has 0 radical (unpaired) electrons. The Kier molecular flexibility index (Phi) is 2.40. The van der Waals surface area contributed by atoms with Gasteiger partial charge in [0.2, 0.25) is 0 Å². The maximum absolute atomic E-state index is 5.89. The van der Waals surface area contributed by atoms with Crippen molar-refractivity contribution in [1.29, 1.82) is 0 Å². The van der Waals surface area contributed by atoms with Crippen molar-refractivity contribution < 1.29 is 0 Å². The van der Waals surface area contributed by atoms with Crippen LogP contribution in [0.15, 0.2) is 24.3 Å². The zero-order valence-corrected chi connectivity index (χ0v) is 8.67. The van der Waals surface area contributed by atoms with Crippen LogP contribution in [0.4, 0.5) is 0 Å². The second kappa shape index (κ2) is 3.56. The van der Waals surface area contributed by atoms with Crippen LogP contribution in [0.3, 0.4) is 0 Å².